The third kappa shape index (κ3) is 4.48. The van der Waals surface area contributed by atoms with Crippen molar-refractivity contribution in [3.8, 4) is 11.5 Å². The standard InChI is InChI=1S/C19H24N2O5S2/c1-25-15-8-9-16(17(13-15)26-2)20-18(22)12-14-6-3-4-10-21(14)28(23,24)19-7-5-11-27-19/h5,7-9,11,13-14H,3-4,6,10,12H2,1-2H3,(H,20,22)/t14-/m1/s1. The van der Waals surface area contributed by atoms with Crippen LogP contribution in [0, 0.1) is 0 Å². The molecule has 0 unspecified atom stereocenters. The smallest absolute Gasteiger partial charge is 0.252 e. The normalized spacial score (nSPS) is 17.9. The molecule has 1 aromatic carbocycles. The van der Waals surface area contributed by atoms with Gasteiger partial charge in [-0.05, 0) is 36.4 Å². The Hall–Kier alpha value is -2.10. The van der Waals surface area contributed by atoms with E-state index < -0.39 is 10.0 Å². The summed E-state index contributed by atoms with van der Waals surface area (Å²) in [5.41, 5.74) is 0.525. The monoisotopic (exact) mass is 424 g/mol. The highest BCUT2D eigenvalue weighted by Gasteiger charge is 2.35. The summed E-state index contributed by atoms with van der Waals surface area (Å²) in [4.78, 5) is 12.6. The van der Waals surface area contributed by atoms with Crippen LogP contribution in [0.25, 0.3) is 0 Å². The number of sulfonamides is 1. The van der Waals surface area contributed by atoms with E-state index in [2.05, 4.69) is 5.32 Å². The summed E-state index contributed by atoms with van der Waals surface area (Å²) in [6.07, 6.45) is 2.47. The van der Waals surface area contributed by atoms with Crippen LogP contribution in [0.5, 0.6) is 11.5 Å². The molecule has 0 saturated carbocycles. The second-order valence-electron chi connectivity index (χ2n) is 6.52. The lowest BCUT2D eigenvalue weighted by atomic mass is 10.0. The summed E-state index contributed by atoms with van der Waals surface area (Å²) in [6, 6.07) is 8.09. The second kappa shape index (κ2) is 8.93. The molecule has 1 aliphatic heterocycles. The molecular formula is C19H24N2O5S2. The quantitative estimate of drug-likeness (QED) is 0.737. The van der Waals surface area contributed by atoms with E-state index in [0.29, 0.717) is 34.4 Å². The SMILES string of the molecule is COc1ccc(NC(=O)C[C@H]2CCCCN2S(=O)(=O)c2cccs2)c(OC)c1. The second-order valence-corrected chi connectivity index (χ2v) is 9.58. The van der Waals surface area contributed by atoms with E-state index in [1.54, 1.807) is 42.8 Å². The first-order valence-corrected chi connectivity index (χ1v) is 11.3. The number of nitrogens with zero attached hydrogens (tertiary/aromatic N) is 1. The van der Waals surface area contributed by atoms with E-state index in [4.69, 9.17) is 9.47 Å². The van der Waals surface area contributed by atoms with Gasteiger partial charge in [0, 0.05) is 25.1 Å². The van der Waals surface area contributed by atoms with Crippen LogP contribution in [-0.4, -0.2) is 45.4 Å². The molecule has 0 bridgehead atoms. The Bertz CT molecular complexity index is 912. The summed E-state index contributed by atoms with van der Waals surface area (Å²) >= 11 is 1.20. The lowest BCUT2D eigenvalue weighted by Crippen LogP contribution is -2.45. The van der Waals surface area contributed by atoms with Gasteiger partial charge in [0.25, 0.3) is 10.0 Å². The molecule has 0 spiro atoms. The molecule has 3 rings (SSSR count). The zero-order valence-corrected chi connectivity index (χ0v) is 17.5. The minimum atomic E-state index is -3.58. The Labute approximate surface area is 169 Å². The van der Waals surface area contributed by atoms with Crippen LogP contribution < -0.4 is 14.8 Å². The van der Waals surface area contributed by atoms with Crippen molar-refractivity contribution in [2.45, 2.75) is 35.9 Å². The van der Waals surface area contributed by atoms with Gasteiger partial charge in [0.1, 0.15) is 15.7 Å². The average Bonchev–Trinajstić information content (AvgIpc) is 3.24. The van der Waals surface area contributed by atoms with E-state index in [0.717, 1.165) is 12.8 Å². The Kier molecular flexibility index (Phi) is 6.58. The van der Waals surface area contributed by atoms with Gasteiger partial charge >= 0.3 is 0 Å². The number of carbonyl (C=O) groups excluding carboxylic acids is 1. The van der Waals surface area contributed by atoms with Crippen LogP contribution in [0.3, 0.4) is 0 Å². The number of benzene rings is 1. The summed E-state index contributed by atoms with van der Waals surface area (Å²) in [5.74, 6) is 0.858. The number of carbonyl (C=O) groups is 1. The van der Waals surface area contributed by atoms with Gasteiger partial charge in [-0.15, -0.1) is 11.3 Å². The molecule has 1 atom stereocenters. The van der Waals surface area contributed by atoms with Gasteiger partial charge in [0.05, 0.1) is 19.9 Å². The van der Waals surface area contributed by atoms with Crippen LogP contribution >= 0.6 is 11.3 Å². The van der Waals surface area contributed by atoms with Crippen LogP contribution in [0.1, 0.15) is 25.7 Å². The zero-order chi connectivity index (χ0) is 20.1. The lowest BCUT2D eigenvalue weighted by Gasteiger charge is -2.34. The molecule has 0 aliphatic carbocycles. The molecule has 152 valence electrons. The maximum absolute atomic E-state index is 12.9. The fourth-order valence-corrected chi connectivity index (χ4v) is 6.15. The molecule has 2 heterocycles. The van der Waals surface area contributed by atoms with Crippen molar-refractivity contribution in [2.24, 2.45) is 0 Å². The number of piperidine rings is 1. The van der Waals surface area contributed by atoms with Gasteiger partial charge in [-0.2, -0.15) is 4.31 Å². The van der Waals surface area contributed by atoms with Gasteiger partial charge in [-0.1, -0.05) is 12.5 Å². The molecule has 2 aromatic rings. The van der Waals surface area contributed by atoms with Crippen molar-refractivity contribution in [3.63, 3.8) is 0 Å². The first-order valence-electron chi connectivity index (χ1n) is 9.03. The molecular weight excluding hydrogens is 400 g/mol. The molecule has 1 fully saturated rings. The molecule has 0 radical (unpaired) electrons. The van der Waals surface area contributed by atoms with Crippen molar-refractivity contribution in [1.82, 2.24) is 4.31 Å². The zero-order valence-electron chi connectivity index (χ0n) is 15.9. The summed E-state index contributed by atoms with van der Waals surface area (Å²) in [5, 5.41) is 4.57. The highest BCUT2D eigenvalue weighted by molar-refractivity contribution is 7.91. The minimum absolute atomic E-state index is 0.0970. The maximum Gasteiger partial charge on any atom is 0.252 e. The van der Waals surface area contributed by atoms with Crippen LogP contribution in [-0.2, 0) is 14.8 Å². The molecule has 1 amide bonds. The van der Waals surface area contributed by atoms with E-state index in [9.17, 15) is 13.2 Å². The predicted octanol–water partition coefficient (Wildman–Crippen LogP) is 3.34. The van der Waals surface area contributed by atoms with E-state index in [1.165, 1.54) is 22.8 Å². The van der Waals surface area contributed by atoms with Crippen LogP contribution in [0.15, 0.2) is 39.9 Å². The molecule has 9 heteroatoms. The van der Waals surface area contributed by atoms with Crippen molar-refractivity contribution < 1.29 is 22.7 Å². The average molecular weight is 425 g/mol. The summed E-state index contributed by atoms with van der Waals surface area (Å²) in [7, 11) is -0.508. The Balaban J connectivity index is 1.73. The van der Waals surface area contributed by atoms with Crippen LogP contribution in [0.2, 0.25) is 0 Å². The summed E-state index contributed by atoms with van der Waals surface area (Å²) in [6.45, 7) is 0.435. The number of amides is 1. The molecule has 1 saturated heterocycles. The number of thiophene rings is 1. The number of methoxy groups -OCH3 is 2. The van der Waals surface area contributed by atoms with E-state index >= 15 is 0 Å². The van der Waals surface area contributed by atoms with Crippen molar-refractivity contribution >= 4 is 33.0 Å². The first-order chi connectivity index (χ1) is 13.5. The van der Waals surface area contributed by atoms with Gasteiger partial charge in [0.15, 0.2) is 0 Å². The van der Waals surface area contributed by atoms with Crippen molar-refractivity contribution in [1.29, 1.82) is 0 Å². The predicted molar refractivity (Wildman–Crippen MR) is 109 cm³/mol. The van der Waals surface area contributed by atoms with Crippen molar-refractivity contribution in [2.75, 3.05) is 26.1 Å². The fourth-order valence-electron chi connectivity index (χ4n) is 3.34. The van der Waals surface area contributed by atoms with Gasteiger partial charge < -0.3 is 14.8 Å². The number of nitrogens with one attached hydrogen (secondary N) is 1. The fraction of sp³-hybridized carbons (Fsp3) is 0.421. The summed E-state index contributed by atoms with van der Waals surface area (Å²) < 4.78 is 38.1. The lowest BCUT2D eigenvalue weighted by molar-refractivity contribution is -0.117. The molecule has 28 heavy (non-hydrogen) atoms. The van der Waals surface area contributed by atoms with E-state index in [-0.39, 0.29) is 18.4 Å². The molecule has 1 N–H and O–H groups in total. The molecule has 7 nitrogen and oxygen atoms in total. The van der Waals surface area contributed by atoms with Gasteiger partial charge in [0.2, 0.25) is 5.91 Å². The van der Waals surface area contributed by atoms with Crippen molar-refractivity contribution in [3.05, 3.63) is 35.7 Å². The maximum atomic E-state index is 12.9. The van der Waals surface area contributed by atoms with Gasteiger partial charge in [-0.3, -0.25) is 4.79 Å². The Morgan fingerprint density at radius 1 is 1.25 bits per heavy atom. The number of hydrogen-bond acceptors (Lipinski definition) is 6. The highest BCUT2D eigenvalue weighted by Crippen LogP contribution is 2.31. The van der Waals surface area contributed by atoms with Crippen LogP contribution in [0.4, 0.5) is 5.69 Å². The first kappa shape index (κ1) is 20.6. The number of rotatable bonds is 7. The Morgan fingerprint density at radius 2 is 2.07 bits per heavy atom. The third-order valence-electron chi connectivity index (χ3n) is 4.73. The number of anilines is 1. The topological polar surface area (TPSA) is 84.9 Å². The minimum Gasteiger partial charge on any atom is -0.497 e. The number of ether oxygens (including phenoxy) is 2. The third-order valence-corrected chi connectivity index (χ3v) is 8.06. The molecule has 1 aromatic heterocycles. The largest absolute Gasteiger partial charge is 0.497 e. The highest BCUT2D eigenvalue weighted by atomic mass is 32.2. The van der Waals surface area contributed by atoms with E-state index in [1.807, 2.05) is 0 Å². The molecule has 1 aliphatic rings. The number of hydrogen-bond donors (Lipinski definition) is 1. The Morgan fingerprint density at radius 3 is 2.75 bits per heavy atom. The van der Waals surface area contributed by atoms with Gasteiger partial charge in [-0.25, -0.2) is 8.42 Å².